The number of oxazole rings is 1. The monoisotopic (exact) mass is 248 g/mol. The van der Waals surface area contributed by atoms with Crippen molar-refractivity contribution in [3.05, 3.63) is 47.9 Å². The van der Waals surface area contributed by atoms with Crippen molar-refractivity contribution in [3.63, 3.8) is 0 Å². The van der Waals surface area contributed by atoms with Crippen molar-refractivity contribution in [2.24, 2.45) is 0 Å². The second kappa shape index (κ2) is 5.89. The van der Waals surface area contributed by atoms with Gasteiger partial charge in [-0.25, -0.2) is 4.98 Å². The van der Waals surface area contributed by atoms with E-state index in [1.165, 1.54) is 11.1 Å². The molecule has 1 aromatic carbocycles. The molecule has 4 heteroatoms. The van der Waals surface area contributed by atoms with Gasteiger partial charge in [0.1, 0.15) is 6.26 Å². The SMILES string of the molecule is CNC(CSc1ncco1)c1ccc(C)cc1. The summed E-state index contributed by atoms with van der Waals surface area (Å²) in [5.74, 6) is 0.903. The Kier molecular flexibility index (Phi) is 4.23. The van der Waals surface area contributed by atoms with Crippen LogP contribution in [-0.4, -0.2) is 17.8 Å². The summed E-state index contributed by atoms with van der Waals surface area (Å²) >= 11 is 1.62. The molecule has 0 aliphatic heterocycles. The molecular formula is C13H16N2OS. The number of hydrogen-bond acceptors (Lipinski definition) is 4. The molecule has 0 aliphatic carbocycles. The van der Waals surface area contributed by atoms with Crippen LogP contribution in [0.25, 0.3) is 0 Å². The third-order valence-corrected chi connectivity index (χ3v) is 3.56. The van der Waals surface area contributed by atoms with Gasteiger partial charge in [0.25, 0.3) is 5.22 Å². The Labute approximate surface area is 106 Å². The van der Waals surface area contributed by atoms with Gasteiger partial charge < -0.3 is 9.73 Å². The predicted molar refractivity (Wildman–Crippen MR) is 70.2 cm³/mol. The Bertz CT molecular complexity index is 439. The smallest absolute Gasteiger partial charge is 0.255 e. The lowest BCUT2D eigenvalue weighted by Crippen LogP contribution is -2.18. The Hall–Kier alpha value is -1.26. The van der Waals surface area contributed by atoms with Crippen LogP contribution in [0.5, 0.6) is 0 Å². The van der Waals surface area contributed by atoms with Crippen LogP contribution in [0.3, 0.4) is 0 Å². The fourth-order valence-corrected chi connectivity index (χ4v) is 2.51. The molecule has 0 fully saturated rings. The van der Waals surface area contributed by atoms with Crippen LogP contribution in [0.15, 0.2) is 46.4 Å². The highest BCUT2D eigenvalue weighted by Gasteiger charge is 2.10. The van der Waals surface area contributed by atoms with E-state index in [4.69, 9.17) is 4.42 Å². The molecule has 0 saturated heterocycles. The van der Waals surface area contributed by atoms with E-state index < -0.39 is 0 Å². The lowest BCUT2D eigenvalue weighted by Gasteiger charge is -2.15. The highest BCUT2D eigenvalue weighted by atomic mass is 32.2. The Morgan fingerprint density at radius 2 is 2.12 bits per heavy atom. The number of aryl methyl sites for hydroxylation is 1. The molecule has 2 aromatic rings. The minimum atomic E-state index is 0.312. The largest absolute Gasteiger partial charge is 0.440 e. The van der Waals surface area contributed by atoms with Crippen molar-refractivity contribution in [1.29, 1.82) is 0 Å². The van der Waals surface area contributed by atoms with Crippen LogP contribution in [0.2, 0.25) is 0 Å². The minimum Gasteiger partial charge on any atom is -0.440 e. The maximum absolute atomic E-state index is 5.21. The van der Waals surface area contributed by atoms with Crippen LogP contribution >= 0.6 is 11.8 Å². The zero-order valence-corrected chi connectivity index (χ0v) is 10.8. The first-order valence-corrected chi connectivity index (χ1v) is 6.54. The molecule has 2 rings (SSSR count). The second-order valence-electron chi connectivity index (χ2n) is 3.86. The molecule has 3 nitrogen and oxygen atoms in total. The first-order valence-electron chi connectivity index (χ1n) is 5.55. The number of aromatic nitrogens is 1. The molecule has 1 heterocycles. The number of nitrogens with zero attached hydrogens (tertiary/aromatic N) is 1. The molecule has 0 aliphatic rings. The number of thioether (sulfide) groups is 1. The Morgan fingerprint density at radius 1 is 1.35 bits per heavy atom. The third kappa shape index (κ3) is 3.35. The van der Waals surface area contributed by atoms with Crippen molar-refractivity contribution in [2.75, 3.05) is 12.8 Å². The standard InChI is InChI=1S/C13H16N2OS/c1-10-3-5-11(6-4-10)12(14-2)9-17-13-15-7-8-16-13/h3-8,12,14H,9H2,1-2H3. The van der Waals surface area contributed by atoms with E-state index in [-0.39, 0.29) is 0 Å². The summed E-state index contributed by atoms with van der Waals surface area (Å²) in [6.45, 7) is 2.10. The highest BCUT2D eigenvalue weighted by molar-refractivity contribution is 7.99. The van der Waals surface area contributed by atoms with Crippen LogP contribution < -0.4 is 5.32 Å². The minimum absolute atomic E-state index is 0.312. The summed E-state index contributed by atoms with van der Waals surface area (Å²) in [7, 11) is 1.97. The van der Waals surface area contributed by atoms with Crippen molar-refractivity contribution >= 4 is 11.8 Å². The van der Waals surface area contributed by atoms with Gasteiger partial charge in [-0.3, -0.25) is 0 Å². The van der Waals surface area contributed by atoms with E-state index in [9.17, 15) is 0 Å². The maximum Gasteiger partial charge on any atom is 0.255 e. The fourth-order valence-electron chi connectivity index (χ4n) is 1.58. The van der Waals surface area contributed by atoms with E-state index in [0.717, 1.165) is 11.0 Å². The number of rotatable bonds is 5. The van der Waals surface area contributed by atoms with Crippen molar-refractivity contribution < 1.29 is 4.42 Å². The zero-order chi connectivity index (χ0) is 12.1. The van der Waals surface area contributed by atoms with E-state index >= 15 is 0 Å². The molecule has 0 radical (unpaired) electrons. The van der Waals surface area contributed by atoms with Gasteiger partial charge in [0.15, 0.2) is 0 Å². The number of hydrogen-bond donors (Lipinski definition) is 1. The summed E-state index contributed by atoms with van der Waals surface area (Å²) in [6.07, 6.45) is 3.27. The summed E-state index contributed by atoms with van der Waals surface area (Å²) in [4.78, 5) is 4.10. The maximum atomic E-state index is 5.21. The van der Waals surface area contributed by atoms with Crippen molar-refractivity contribution in [1.82, 2.24) is 10.3 Å². The highest BCUT2D eigenvalue weighted by Crippen LogP contribution is 2.23. The average Bonchev–Trinajstić information content (AvgIpc) is 2.85. The van der Waals surface area contributed by atoms with E-state index in [0.29, 0.717) is 6.04 Å². The van der Waals surface area contributed by atoms with Crippen molar-refractivity contribution in [2.45, 2.75) is 18.2 Å². The van der Waals surface area contributed by atoms with Crippen LogP contribution in [0.4, 0.5) is 0 Å². The average molecular weight is 248 g/mol. The summed E-state index contributed by atoms with van der Waals surface area (Å²) in [5.41, 5.74) is 2.57. The van der Waals surface area contributed by atoms with Crippen molar-refractivity contribution in [3.8, 4) is 0 Å². The topological polar surface area (TPSA) is 38.1 Å². The van der Waals surface area contributed by atoms with Gasteiger partial charge in [-0.2, -0.15) is 0 Å². The van der Waals surface area contributed by atoms with Gasteiger partial charge in [0.05, 0.1) is 6.20 Å². The number of nitrogens with one attached hydrogen (secondary N) is 1. The van der Waals surface area contributed by atoms with Crippen LogP contribution in [0.1, 0.15) is 17.2 Å². The van der Waals surface area contributed by atoms with Gasteiger partial charge >= 0.3 is 0 Å². The molecule has 0 bridgehead atoms. The van der Waals surface area contributed by atoms with E-state index in [1.54, 1.807) is 24.2 Å². The van der Waals surface area contributed by atoms with Gasteiger partial charge in [-0.15, -0.1) is 0 Å². The Balaban J connectivity index is 1.99. The van der Waals surface area contributed by atoms with E-state index in [1.807, 2.05) is 7.05 Å². The third-order valence-electron chi connectivity index (χ3n) is 2.61. The summed E-state index contributed by atoms with van der Waals surface area (Å²) < 4.78 is 5.21. The predicted octanol–water partition coefficient (Wildman–Crippen LogP) is 3.04. The quantitative estimate of drug-likeness (QED) is 0.825. The molecule has 1 aromatic heterocycles. The van der Waals surface area contributed by atoms with Gasteiger partial charge in [0, 0.05) is 11.8 Å². The Morgan fingerprint density at radius 3 is 2.71 bits per heavy atom. The first-order chi connectivity index (χ1) is 8.29. The van der Waals surface area contributed by atoms with Gasteiger partial charge in [-0.1, -0.05) is 41.6 Å². The molecular weight excluding hydrogens is 232 g/mol. The van der Waals surface area contributed by atoms with Gasteiger partial charge in [0.2, 0.25) is 0 Å². The van der Waals surface area contributed by atoms with Gasteiger partial charge in [-0.05, 0) is 19.5 Å². The second-order valence-corrected chi connectivity index (χ2v) is 4.83. The molecule has 1 unspecified atom stereocenters. The summed E-state index contributed by atoms with van der Waals surface area (Å²) in [6, 6.07) is 8.90. The molecule has 1 atom stereocenters. The molecule has 0 spiro atoms. The van der Waals surface area contributed by atoms with E-state index in [2.05, 4.69) is 41.5 Å². The molecule has 90 valence electrons. The first kappa shape index (κ1) is 12.2. The molecule has 0 amide bonds. The molecule has 0 saturated carbocycles. The molecule has 17 heavy (non-hydrogen) atoms. The lowest BCUT2D eigenvalue weighted by atomic mass is 10.1. The fraction of sp³-hybridized carbons (Fsp3) is 0.308. The lowest BCUT2D eigenvalue weighted by molar-refractivity contribution is 0.453. The van der Waals surface area contributed by atoms with Crippen LogP contribution in [0, 0.1) is 6.92 Å². The normalized spacial score (nSPS) is 12.6. The van der Waals surface area contributed by atoms with Crippen LogP contribution in [-0.2, 0) is 0 Å². The molecule has 1 N–H and O–H groups in total. The number of benzene rings is 1. The summed E-state index contributed by atoms with van der Waals surface area (Å²) in [5, 5.41) is 4.03. The zero-order valence-electron chi connectivity index (χ0n) is 10.0.